The van der Waals surface area contributed by atoms with Gasteiger partial charge >= 0.3 is 11.9 Å². The van der Waals surface area contributed by atoms with Gasteiger partial charge in [0.05, 0.1) is 17.7 Å². The maximum atomic E-state index is 12.9. The molecule has 0 aliphatic rings. The Kier molecular flexibility index (Phi) is 6.04. The number of fused-ring (bicyclic) bond motifs is 3. The molecule has 1 heterocycles. The van der Waals surface area contributed by atoms with Crippen molar-refractivity contribution in [1.29, 1.82) is 0 Å². The molecule has 5 nitrogen and oxygen atoms in total. The van der Waals surface area contributed by atoms with Gasteiger partial charge in [0, 0.05) is 41.7 Å². The van der Waals surface area contributed by atoms with Crippen molar-refractivity contribution >= 4 is 33.6 Å². The molecule has 0 unspecified atom stereocenters. The van der Waals surface area contributed by atoms with Crippen LogP contribution in [0.1, 0.15) is 36.3 Å². The van der Waals surface area contributed by atoms with Crippen LogP contribution in [-0.2, 0) is 22.5 Å². The molecule has 0 fully saturated rings. The second-order valence-corrected chi connectivity index (χ2v) is 6.56. The number of terminal acetylenes is 1. The molecular weight excluding hydrogens is 366 g/mol. The summed E-state index contributed by atoms with van der Waals surface area (Å²) >= 11 is 0. The van der Waals surface area contributed by atoms with Gasteiger partial charge in [-0.3, -0.25) is 4.79 Å². The third-order valence-electron chi connectivity index (χ3n) is 4.68. The number of rotatable bonds is 7. The summed E-state index contributed by atoms with van der Waals surface area (Å²) in [6.45, 7) is 7.75. The summed E-state index contributed by atoms with van der Waals surface area (Å²) in [6, 6.07) is 9.38. The van der Waals surface area contributed by atoms with Crippen molar-refractivity contribution in [3.63, 3.8) is 0 Å². The minimum absolute atomic E-state index is 0.256. The van der Waals surface area contributed by atoms with Crippen molar-refractivity contribution in [3.05, 3.63) is 54.2 Å². The molecule has 29 heavy (non-hydrogen) atoms. The van der Waals surface area contributed by atoms with E-state index in [4.69, 9.17) is 15.9 Å². The van der Waals surface area contributed by atoms with Gasteiger partial charge in [0.25, 0.3) is 0 Å². The fourth-order valence-corrected chi connectivity index (χ4v) is 3.68. The third-order valence-corrected chi connectivity index (χ3v) is 4.68. The van der Waals surface area contributed by atoms with Crippen molar-refractivity contribution < 1.29 is 19.1 Å². The number of carbonyl (C=O) groups is 2. The van der Waals surface area contributed by atoms with E-state index in [1.165, 1.54) is 6.92 Å². The van der Waals surface area contributed by atoms with Crippen LogP contribution in [0.4, 0.5) is 0 Å². The van der Waals surface area contributed by atoms with Gasteiger partial charge < -0.3 is 14.0 Å². The number of esters is 2. The van der Waals surface area contributed by atoms with Crippen molar-refractivity contribution in [2.75, 3.05) is 6.61 Å². The molecule has 0 saturated heterocycles. The number of benzene rings is 2. The number of aromatic nitrogens is 1. The normalized spacial score (nSPS) is 10.7. The first-order valence-electron chi connectivity index (χ1n) is 9.50. The van der Waals surface area contributed by atoms with Gasteiger partial charge in [0.1, 0.15) is 5.75 Å². The fourth-order valence-electron chi connectivity index (χ4n) is 3.68. The first-order chi connectivity index (χ1) is 14.0. The lowest BCUT2D eigenvalue weighted by Crippen LogP contribution is -2.10. The van der Waals surface area contributed by atoms with Gasteiger partial charge in [-0.25, -0.2) is 4.79 Å². The van der Waals surface area contributed by atoms with Gasteiger partial charge in [-0.15, -0.1) is 18.9 Å². The standard InChI is InChI=1S/C24H23NO4/c1-5-8-13-20-22(24(27)28-7-3)19-15-21(29-16(4)26)17-11-9-10-12-18(17)23(19)25(20)14-6-2/h1,6,9-12,15H,2,7-8,13-14H2,3-4H3. The lowest BCUT2D eigenvalue weighted by atomic mass is 10.0. The molecule has 0 N–H and O–H groups in total. The summed E-state index contributed by atoms with van der Waals surface area (Å²) in [4.78, 5) is 24.6. The Morgan fingerprint density at radius 3 is 2.59 bits per heavy atom. The zero-order valence-corrected chi connectivity index (χ0v) is 16.7. The predicted octanol–water partition coefficient (Wildman–Crippen LogP) is 4.65. The molecule has 1 aromatic heterocycles. The molecule has 3 aromatic rings. The van der Waals surface area contributed by atoms with Crippen LogP contribution in [0, 0.1) is 12.3 Å². The monoisotopic (exact) mass is 389 g/mol. The SMILES string of the molecule is C#CCCc1c(C(=O)OCC)c2cc(OC(C)=O)c3ccccc3c2n1CC=C. The van der Waals surface area contributed by atoms with E-state index >= 15 is 0 Å². The Morgan fingerprint density at radius 2 is 1.97 bits per heavy atom. The summed E-state index contributed by atoms with van der Waals surface area (Å²) in [5, 5.41) is 2.34. The van der Waals surface area contributed by atoms with Crippen LogP contribution < -0.4 is 4.74 Å². The third kappa shape index (κ3) is 3.74. The topological polar surface area (TPSA) is 57.5 Å². The largest absolute Gasteiger partial charge is 0.462 e. The Morgan fingerprint density at radius 1 is 1.24 bits per heavy atom. The number of nitrogens with zero attached hydrogens (tertiary/aromatic N) is 1. The van der Waals surface area contributed by atoms with E-state index in [2.05, 4.69) is 12.5 Å². The summed E-state index contributed by atoms with van der Waals surface area (Å²) < 4.78 is 12.9. The molecule has 0 aliphatic carbocycles. The summed E-state index contributed by atoms with van der Waals surface area (Å²) in [5.74, 6) is 2.20. The maximum Gasteiger partial charge on any atom is 0.340 e. The van der Waals surface area contributed by atoms with E-state index in [1.807, 2.05) is 28.8 Å². The van der Waals surface area contributed by atoms with E-state index in [-0.39, 0.29) is 6.61 Å². The highest BCUT2D eigenvalue weighted by molar-refractivity contribution is 6.16. The highest BCUT2D eigenvalue weighted by Gasteiger charge is 2.25. The lowest BCUT2D eigenvalue weighted by molar-refractivity contribution is -0.131. The summed E-state index contributed by atoms with van der Waals surface area (Å²) in [5.41, 5.74) is 2.12. The van der Waals surface area contributed by atoms with E-state index in [9.17, 15) is 9.59 Å². The minimum Gasteiger partial charge on any atom is -0.462 e. The van der Waals surface area contributed by atoms with Crippen LogP contribution in [-0.4, -0.2) is 23.1 Å². The van der Waals surface area contributed by atoms with Crippen LogP contribution in [0.2, 0.25) is 0 Å². The fraction of sp³-hybridized carbons (Fsp3) is 0.250. The van der Waals surface area contributed by atoms with Crippen molar-refractivity contribution in [1.82, 2.24) is 4.57 Å². The molecule has 0 saturated carbocycles. The number of carbonyl (C=O) groups excluding carboxylic acids is 2. The molecule has 2 aromatic carbocycles. The second kappa shape index (κ2) is 8.66. The van der Waals surface area contributed by atoms with Crippen LogP contribution >= 0.6 is 0 Å². The highest BCUT2D eigenvalue weighted by atomic mass is 16.5. The van der Waals surface area contributed by atoms with Crippen LogP contribution in [0.15, 0.2) is 43.0 Å². The minimum atomic E-state index is -0.426. The highest BCUT2D eigenvalue weighted by Crippen LogP contribution is 2.39. The first-order valence-corrected chi connectivity index (χ1v) is 9.50. The Labute approximate surface area is 169 Å². The molecule has 0 radical (unpaired) electrons. The molecule has 0 bridgehead atoms. The lowest BCUT2D eigenvalue weighted by Gasteiger charge is -2.11. The van der Waals surface area contributed by atoms with E-state index in [0.29, 0.717) is 36.1 Å². The Balaban J connectivity index is 2.48. The molecule has 0 atom stereocenters. The van der Waals surface area contributed by atoms with E-state index < -0.39 is 11.9 Å². The second-order valence-electron chi connectivity index (χ2n) is 6.56. The number of hydrogen-bond acceptors (Lipinski definition) is 4. The average molecular weight is 389 g/mol. The number of allylic oxidation sites excluding steroid dienone is 1. The smallest absolute Gasteiger partial charge is 0.340 e. The molecule has 3 rings (SSSR count). The van der Waals surface area contributed by atoms with Crippen molar-refractivity contribution in [2.45, 2.75) is 33.2 Å². The van der Waals surface area contributed by atoms with Gasteiger partial charge in [0.15, 0.2) is 0 Å². The maximum absolute atomic E-state index is 12.9. The van der Waals surface area contributed by atoms with E-state index in [0.717, 1.165) is 22.0 Å². The average Bonchev–Trinajstić information content (AvgIpc) is 3.00. The molecular formula is C24H23NO4. The molecule has 0 amide bonds. The number of hydrogen-bond donors (Lipinski definition) is 0. The Bertz CT molecular complexity index is 1150. The van der Waals surface area contributed by atoms with Crippen molar-refractivity contribution in [3.8, 4) is 18.1 Å². The number of ether oxygens (including phenoxy) is 2. The van der Waals surface area contributed by atoms with Crippen LogP contribution in [0.25, 0.3) is 21.7 Å². The zero-order valence-electron chi connectivity index (χ0n) is 16.7. The summed E-state index contributed by atoms with van der Waals surface area (Å²) in [6.07, 6.45) is 8.28. The predicted molar refractivity (Wildman–Crippen MR) is 114 cm³/mol. The zero-order chi connectivity index (χ0) is 21.0. The van der Waals surface area contributed by atoms with Gasteiger partial charge in [-0.1, -0.05) is 30.3 Å². The van der Waals surface area contributed by atoms with Crippen LogP contribution in [0.3, 0.4) is 0 Å². The van der Waals surface area contributed by atoms with E-state index in [1.54, 1.807) is 19.1 Å². The molecule has 0 spiro atoms. The van der Waals surface area contributed by atoms with Gasteiger partial charge in [0.2, 0.25) is 0 Å². The molecule has 0 aliphatic heterocycles. The molecule has 5 heteroatoms. The van der Waals surface area contributed by atoms with Gasteiger partial charge in [-0.2, -0.15) is 0 Å². The Hall–Kier alpha value is -3.52. The van der Waals surface area contributed by atoms with Gasteiger partial charge in [-0.05, 0) is 19.4 Å². The quantitative estimate of drug-likeness (QED) is 0.255. The summed E-state index contributed by atoms with van der Waals surface area (Å²) in [7, 11) is 0. The first kappa shape index (κ1) is 20.2. The van der Waals surface area contributed by atoms with Crippen molar-refractivity contribution in [2.24, 2.45) is 0 Å². The molecule has 148 valence electrons. The van der Waals surface area contributed by atoms with Crippen LogP contribution in [0.5, 0.6) is 5.75 Å².